The van der Waals surface area contributed by atoms with Crippen LogP contribution in [0.25, 0.3) is 0 Å². The van der Waals surface area contributed by atoms with Crippen molar-refractivity contribution in [3.8, 4) is 0 Å². The van der Waals surface area contributed by atoms with Gasteiger partial charge in [0.05, 0.1) is 5.69 Å². The zero-order valence-corrected chi connectivity index (χ0v) is 10.00. The van der Waals surface area contributed by atoms with Gasteiger partial charge in [0, 0.05) is 30.4 Å². The molecule has 0 atom stereocenters. The number of aromatic nitrogens is 3. The van der Waals surface area contributed by atoms with Gasteiger partial charge in [0.2, 0.25) is 0 Å². The third-order valence-corrected chi connectivity index (χ3v) is 3.32. The van der Waals surface area contributed by atoms with Gasteiger partial charge in [0.15, 0.2) is 0 Å². The molecule has 4 nitrogen and oxygen atoms in total. The standard InChI is InChI=1S/C11H14N4S/c1-2-10-6-14-11(16-10)7-13-5-9-3-4-12-8-15-9/h3-4,6,8,13H,2,5,7H2,1H3. The van der Waals surface area contributed by atoms with Gasteiger partial charge in [-0.25, -0.2) is 15.0 Å². The van der Waals surface area contributed by atoms with Crippen LogP contribution in [0.2, 0.25) is 0 Å². The van der Waals surface area contributed by atoms with Gasteiger partial charge < -0.3 is 5.32 Å². The van der Waals surface area contributed by atoms with Crippen molar-refractivity contribution in [2.45, 2.75) is 26.4 Å². The maximum atomic E-state index is 4.34. The van der Waals surface area contributed by atoms with Gasteiger partial charge >= 0.3 is 0 Å². The maximum Gasteiger partial charge on any atom is 0.115 e. The van der Waals surface area contributed by atoms with Crippen LogP contribution in [0, 0.1) is 0 Å². The molecule has 0 aliphatic carbocycles. The van der Waals surface area contributed by atoms with Crippen molar-refractivity contribution >= 4 is 11.3 Å². The van der Waals surface area contributed by atoms with E-state index in [4.69, 9.17) is 0 Å². The molecule has 5 heteroatoms. The number of nitrogens with one attached hydrogen (secondary N) is 1. The van der Waals surface area contributed by atoms with Gasteiger partial charge in [-0.15, -0.1) is 11.3 Å². The summed E-state index contributed by atoms with van der Waals surface area (Å²) in [6, 6.07) is 1.91. The average Bonchev–Trinajstić information content (AvgIpc) is 2.78. The van der Waals surface area contributed by atoms with Crippen LogP contribution in [0.1, 0.15) is 22.5 Å². The Labute approximate surface area is 98.8 Å². The molecule has 2 aromatic rings. The highest BCUT2D eigenvalue weighted by Gasteiger charge is 2.00. The summed E-state index contributed by atoms with van der Waals surface area (Å²) in [7, 11) is 0. The van der Waals surface area contributed by atoms with E-state index >= 15 is 0 Å². The second-order valence-electron chi connectivity index (χ2n) is 3.38. The molecule has 0 bridgehead atoms. The van der Waals surface area contributed by atoms with Crippen LogP contribution in [-0.4, -0.2) is 15.0 Å². The van der Waals surface area contributed by atoms with Crippen LogP contribution in [0.5, 0.6) is 0 Å². The van der Waals surface area contributed by atoms with Crippen LogP contribution >= 0.6 is 11.3 Å². The largest absolute Gasteiger partial charge is 0.305 e. The van der Waals surface area contributed by atoms with Gasteiger partial charge in [0.25, 0.3) is 0 Å². The third-order valence-electron chi connectivity index (χ3n) is 2.18. The molecular formula is C11H14N4S. The van der Waals surface area contributed by atoms with E-state index in [2.05, 4.69) is 27.2 Å². The van der Waals surface area contributed by atoms with E-state index < -0.39 is 0 Å². The van der Waals surface area contributed by atoms with E-state index in [-0.39, 0.29) is 0 Å². The molecule has 0 fully saturated rings. The Bertz CT molecular complexity index is 427. The van der Waals surface area contributed by atoms with E-state index in [9.17, 15) is 0 Å². The second kappa shape index (κ2) is 5.67. The van der Waals surface area contributed by atoms with Crippen molar-refractivity contribution in [2.75, 3.05) is 0 Å². The predicted molar refractivity (Wildman–Crippen MR) is 64.1 cm³/mol. The molecule has 0 radical (unpaired) electrons. The first kappa shape index (κ1) is 11.2. The summed E-state index contributed by atoms with van der Waals surface area (Å²) in [4.78, 5) is 13.7. The van der Waals surface area contributed by atoms with Crippen molar-refractivity contribution < 1.29 is 0 Å². The highest BCUT2D eigenvalue weighted by Crippen LogP contribution is 2.12. The molecule has 0 aliphatic heterocycles. The fourth-order valence-electron chi connectivity index (χ4n) is 1.31. The van der Waals surface area contributed by atoms with Gasteiger partial charge in [-0.3, -0.25) is 0 Å². The Morgan fingerprint density at radius 2 is 2.25 bits per heavy atom. The van der Waals surface area contributed by atoms with Crippen molar-refractivity contribution in [3.05, 3.63) is 40.4 Å². The minimum Gasteiger partial charge on any atom is -0.305 e. The normalized spacial score (nSPS) is 10.6. The minimum absolute atomic E-state index is 0.754. The summed E-state index contributed by atoms with van der Waals surface area (Å²) in [5, 5.41) is 4.44. The molecule has 0 amide bonds. The molecule has 0 aliphatic rings. The topological polar surface area (TPSA) is 50.7 Å². The second-order valence-corrected chi connectivity index (χ2v) is 4.58. The van der Waals surface area contributed by atoms with E-state index in [1.54, 1.807) is 23.9 Å². The van der Waals surface area contributed by atoms with E-state index in [1.165, 1.54) is 4.88 Å². The lowest BCUT2D eigenvalue weighted by Gasteiger charge is -2.00. The Kier molecular flexibility index (Phi) is 3.96. The summed E-state index contributed by atoms with van der Waals surface area (Å²) >= 11 is 1.76. The Hall–Kier alpha value is -1.33. The Balaban J connectivity index is 1.80. The molecule has 84 valence electrons. The lowest BCUT2D eigenvalue weighted by molar-refractivity contribution is 0.675. The highest BCUT2D eigenvalue weighted by molar-refractivity contribution is 7.11. The molecular weight excluding hydrogens is 220 g/mol. The molecule has 16 heavy (non-hydrogen) atoms. The molecule has 2 rings (SSSR count). The molecule has 2 heterocycles. The number of hydrogen-bond acceptors (Lipinski definition) is 5. The first-order valence-corrected chi connectivity index (χ1v) is 6.09. The zero-order chi connectivity index (χ0) is 11.2. The van der Waals surface area contributed by atoms with Crippen molar-refractivity contribution in [1.29, 1.82) is 0 Å². The Morgan fingerprint density at radius 1 is 1.31 bits per heavy atom. The van der Waals surface area contributed by atoms with Gasteiger partial charge in [-0.2, -0.15) is 0 Å². The highest BCUT2D eigenvalue weighted by atomic mass is 32.1. The van der Waals surface area contributed by atoms with Crippen molar-refractivity contribution in [2.24, 2.45) is 0 Å². The number of thiazole rings is 1. The van der Waals surface area contributed by atoms with Crippen LogP contribution in [0.4, 0.5) is 0 Å². The average molecular weight is 234 g/mol. The van der Waals surface area contributed by atoms with Gasteiger partial charge in [0.1, 0.15) is 11.3 Å². The number of nitrogens with zero attached hydrogens (tertiary/aromatic N) is 3. The maximum absolute atomic E-state index is 4.34. The van der Waals surface area contributed by atoms with Crippen LogP contribution in [0.15, 0.2) is 24.8 Å². The van der Waals surface area contributed by atoms with E-state index in [0.29, 0.717) is 0 Å². The lowest BCUT2D eigenvalue weighted by atomic mass is 10.4. The van der Waals surface area contributed by atoms with Gasteiger partial charge in [-0.05, 0) is 12.5 Å². The number of hydrogen-bond donors (Lipinski definition) is 1. The first-order valence-electron chi connectivity index (χ1n) is 5.27. The van der Waals surface area contributed by atoms with Gasteiger partial charge in [-0.1, -0.05) is 6.92 Å². The SMILES string of the molecule is CCc1cnc(CNCc2ccncn2)s1. The van der Waals surface area contributed by atoms with Crippen molar-refractivity contribution in [3.63, 3.8) is 0 Å². The molecule has 0 saturated carbocycles. The summed E-state index contributed by atoms with van der Waals surface area (Å²) in [6.07, 6.45) is 6.33. The van der Waals surface area contributed by atoms with Crippen LogP contribution < -0.4 is 5.32 Å². The van der Waals surface area contributed by atoms with Crippen molar-refractivity contribution in [1.82, 2.24) is 20.3 Å². The smallest absolute Gasteiger partial charge is 0.115 e. The third kappa shape index (κ3) is 3.08. The molecule has 2 aromatic heterocycles. The fraction of sp³-hybridized carbons (Fsp3) is 0.364. The molecule has 0 spiro atoms. The summed E-state index contributed by atoms with van der Waals surface area (Å²) in [6.45, 7) is 3.70. The minimum atomic E-state index is 0.754. The lowest BCUT2D eigenvalue weighted by Crippen LogP contribution is -2.13. The molecule has 0 unspecified atom stereocenters. The monoisotopic (exact) mass is 234 g/mol. The Morgan fingerprint density at radius 3 is 2.94 bits per heavy atom. The molecule has 0 aromatic carbocycles. The summed E-state index contributed by atoms with van der Waals surface area (Å²) in [5.74, 6) is 0. The molecule has 1 N–H and O–H groups in total. The summed E-state index contributed by atoms with van der Waals surface area (Å²) < 4.78 is 0. The predicted octanol–water partition coefficient (Wildman–Crippen LogP) is 1.79. The zero-order valence-electron chi connectivity index (χ0n) is 9.18. The first-order chi connectivity index (χ1) is 7.88. The van der Waals surface area contributed by atoms with E-state index in [0.717, 1.165) is 30.2 Å². The van der Waals surface area contributed by atoms with Crippen LogP contribution in [-0.2, 0) is 19.5 Å². The quantitative estimate of drug-likeness (QED) is 0.857. The number of rotatable bonds is 5. The summed E-state index contributed by atoms with van der Waals surface area (Å²) in [5.41, 5.74) is 1.00. The fourth-order valence-corrected chi connectivity index (χ4v) is 2.15. The molecule has 0 saturated heterocycles. The number of aryl methyl sites for hydroxylation is 1. The van der Waals surface area contributed by atoms with E-state index in [1.807, 2.05) is 12.3 Å². The van der Waals surface area contributed by atoms with Crippen LogP contribution in [0.3, 0.4) is 0 Å².